The fourth-order valence-corrected chi connectivity index (χ4v) is 1.20. The van der Waals surface area contributed by atoms with Crippen LogP contribution in [-0.4, -0.2) is 19.4 Å². The molecule has 0 radical (unpaired) electrons. The van der Waals surface area contributed by atoms with Crippen LogP contribution in [0.15, 0.2) is 23.1 Å². The minimum absolute atomic E-state index is 0.327. The van der Waals surface area contributed by atoms with Crippen LogP contribution in [0.1, 0.15) is 10.4 Å². The van der Waals surface area contributed by atoms with Gasteiger partial charge < -0.3 is 9.47 Å². The molecule has 0 saturated heterocycles. The summed E-state index contributed by atoms with van der Waals surface area (Å²) < 4.78 is 44.0. The molecule has 7 heteroatoms. The Bertz CT molecular complexity index is 403. The molecule has 0 heterocycles. The van der Waals surface area contributed by atoms with Crippen molar-refractivity contribution < 1.29 is 27.4 Å². The number of methoxy groups -OCH3 is 1. The van der Waals surface area contributed by atoms with Gasteiger partial charge in [-0.05, 0) is 18.2 Å². The quantitative estimate of drug-likeness (QED) is 0.649. The van der Waals surface area contributed by atoms with E-state index in [1.807, 2.05) is 0 Å². The monoisotopic (exact) mass is 252 g/mol. The molecule has 0 unspecified atom stereocenters. The fraction of sp³-hybridized carbons (Fsp3) is 0.222. The summed E-state index contributed by atoms with van der Waals surface area (Å²) in [7, 11) is 1.06. The van der Waals surface area contributed by atoms with Crippen molar-refractivity contribution >= 4 is 18.6 Å². The first-order valence-electron chi connectivity index (χ1n) is 4.00. The summed E-state index contributed by atoms with van der Waals surface area (Å²) in [5, 5.41) is 0. The van der Waals surface area contributed by atoms with Crippen molar-refractivity contribution in [1.82, 2.24) is 0 Å². The van der Waals surface area contributed by atoms with Gasteiger partial charge >= 0.3 is 12.3 Å². The first-order valence-corrected chi connectivity index (χ1v) is 4.45. The van der Waals surface area contributed by atoms with Gasteiger partial charge in [0.1, 0.15) is 11.3 Å². The highest BCUT2D eigenvalue weighted by atomic mass is 32.1. The minimum atomic E-state index is -4.86. The average molecular weight is 252 g/mol. The first-order chi connectivity index (χ1) is 7.33. The predicted octanol–water partition coefficient (Wildman–Crippen LogP) is 2.66. The molecule has 1 aromatic carbocycles. The van der Waals surface area contributed by atoms with Gasteiger partial charge in [0, 0.05) is 4.90 Å². The zero-order chi connectivity index (χ0) is 12.3. The molecule has 0 atom stereocenters. The molecule has 88 valence electrons. The van der Waals surface area contributed by atoms with E-state index in [0.29, 0.717) is 4.90 Å². The SMILES string of the molecule is COC(=O)c1cc(S)ccc1OC(F)(F)F. The number of halogens is 3. The highest BCUT2D eigenvalue weighted by Crippen LogP contribution is 2.28. The third kappa shape index (κ3) is 3.34. The van der Waals surface area contributed by atoms with Crippen molar-refractivity contribution in [2.24, 2.45) is 0 Å². The average Bonchev–Trinajstić information content (AvgIpc) is 2.17. The van der Waals surface area contributed by atoms with Crippen LogP contribution in [0.2, 0.25) is 0 Å². The number of rotatable bonds is 2. The second-order valence-electron chi connectivity index (χ2n) is 2.72. The highest BCUT2D eigenvalue weighted by Gasteiger charge is 2.33. The van der Waals surface area contributed by atoms with Gasteiger partial charge in [0.25, 0.3) is 0 Å². The molecule has 1 rings (SSSR count). The third-order valence-electron chi connectivity index (χ3n) is 1.59. The van der Waals surface area contributed by atoms with Gasteiger partial charge in [-0.25, -0.2) is 4.79 Å². The van der Waals surface area contributed by atoms with E-state index < -0.39 is 18.1 Å². The summed E-state index contributed by atoms with van der Waals surface area (Å²) in [5.41, 5.74) is -0.327. The van der Waals surface area contributed by atoms with E-state index in [1.165, 1.54) is 6.07 Å². The summed E-state index contributed by atoms with van der Waals surface area (Å²) in [6.45, 7) is 0. The van der Waals surface area contributed by atoms with Crippen LogP contribution in [0.5, 0.6) is 5.75 Å². The Morgan fingerprint density at radius 1 is 1.38 bits per heavy atom. The molecule has 0 fully saturated rings. The third-order valence-corrected chi connectivity index (χ3v) is 1.87. The van der Waals surface area contributed by atoms with Gasteiger partial charge in [-0.15, -0.1) is 25.8 Å². The molecule has 0 aliphatic heterocycles. The summed E-state index contributed by atoms with van der Waals surface area (Å²) in [4.78, 5) is 11.5. The van der Waals surface area contributed by atoms with Crippen molar-refractivity contribution in [3.8, 4) is 5.75 Å². The highest BCUT2D eigenvalue weighted by molar-refractivity contribution is 7.80. The summed E-state index contributed by atoms with van der Waals surface area (Å²) >= 11 is 3.90. The molecule has 0 amide bonds. The molecule has 0 aromatic heterocycles. The maximum Gasteiger partial charge on any atom is 0.573 e. The van der Waals surface area contributed by atoms with Crippen LogP contribution in [0.4, 0.5) is 13.2 Å². The second-order valence-corrected chi connectivity index (χ2v) is 3.24. The Balaban J connectivity index is 3.13. The molecule has 0 N–H and O–H groups in total. The lowest BCUT2D eigenvalue weighted by atomic mass is 10.2. The molecule has 0 aliphatic rings. The Labute approximate surface area is 94.6 Å². The molecule has 3 nitrogen and oxygen atoms in total. The van der Waals surface area contributed by atoms with Gasteiger partial charge in [-0.1, -0.05) is 0 Å². The maximum atomic E-state index is 12.0. The van der Waals surface area contributed by atoms with Gasteiger partial charge in [-0.2, -0.15) is 0 Å². The summed E-state index contributed by atoms with van der Waals surface area (Å²) in [6, 6.07) is 3.41. The van der Waals surface area contributed by atoms with E-state index in [2.05, 4.69) is 22.1 Å². The lowest BCUT2D eigenvalue weighted by molar-refractivity contribution is -0.274. The summed E-state index contributed by atoms with van der Waals surface area (Å²) in [6.07, 6.45) is -4.86. The molecule has 16 heavy (non-hydrogen) atoms. The molecular weight excluding hydrogens is 245 g/mol. The van der Waals surface area contributed by atoms with Gasteiger partial charge in [0.05, 0.1) is 7.11 Å². The number of esters is 1. The van der Waals surface area contributed by atoms with E-state index >= 15 is 0 Å². The van der Waals surface area contributed by atoms with Crippen molar-refractivity contribution in [2.45, 2.75) is 11.3 Å². The van der Waals surface area contributed by atoms with E-state index in [4.69, 9.17) is 0 Å². The van der Waals surface area contributed by atoms with Gasteiger partial charge in [-0.3, -0.25) is 0 Å². The van der Waals surface area contributed by atoms with Gasteiger partial charge in [0.2, 0.25) is 0 Å². The zero-order valence-corrected chi connectivity index (χ0v) is 8.93. The van der Waals surface area contributed by atoms with Crippen LogP contribution < -0.4 is 4.74 Å². The number of carbonyl (C=O) groups excluding carboxylic acids is 1. The van der Waals surface area contributed by atoms with Crippen LogP contribution in [-0.2, 0) is 4.74 Å². The first kappa shape index (κ1) is 12.7. The molecule has 1 aromatic rings. The standard InChI is InChI=1S/C9H7F3O3S/c1-14-8(13)6-4-5(16)2-3-7(6)15-9(10,11)12/h2-4,16H,1H3. The van der Waals surface area contributed by atoms with Crippen LogP contribution in [0, 0.1) is 0 Å². The Morgan fingerprint density at radius 2 is 2.00 bits per heavy atom. The normalized spacial score (nSPS) is 11.1. The van der Waals surface area contributed by atoms with Crippen molar-refractivity contribution in [3.63, 3.8) is 0 Å². The Kier molecular flexibility index (Phi) is 3.69. The van der Waals surface area contributed by atoms with E-state index in [-0.39, 0.29) is 5.56 Å². The second kappa shape index (κ2) is 4.65. The molecular formula is C9H7F3O3S. The minimum Gasteiger partial charge on any atom is -0.465 e. The van der Waals surface area contributed by atoms with Crippen molar-refractivity contribution in [2.75, 3.05) is 7.11 Å². The molecule has 0 saturated carbocycles. The number of ether oxygens (including phenoxy) is 2. The number of alkyl halides is 3. The van der Waals surface area contributed by atoms with Crippen LogP contribution in [0.25, 0.3) is 0 Å². The smallest absolute Gasteiger partial charge is 0.465 e. The van der Waals surface area contributed by atoms with Crippen molar-refractivity contribution in [1.29, 1.82) is 0 Å². The lowest BCUT2D eigenvalue weighted by Gasteiger charge is -2.12. The zero-order valence-electron chi connectivity index (χ0n) is 8.04. The number of carbonyl (C=O) groups is 1. The number of hydrogen-bond donors (Lipinski definition) is 1. The van der Waals surface area contributed by atoms with Gasteiger partial charge in [0.15, 0.2) is 0 Å². The van der Waals surface area contributed by atoms with Crippen LogP contribution in [0.3, 0.4) is 0 Å². The largest absolute Gasteiger partial charge is 0.573 e. The molecule has 0 spiro atoms. The molecule has 0 aliphatic carbocycles. The number of thiol groups is 1. The Hall–Kier alpha value is -1.37. The fourth-order valence-electron chi connectivity index (χ4n) is 1.00. The summed E-state index contributed by atoms with van der Waals surface area (Å²) in [5.74, 6) is -1.53. The predicted molar refractivity (Wildman–Crippen MR) is 51.7 cm³/mol. The number of benzene rings is 1. The molecule has 0 bridgehead atoms. The van der Waals surface area contributed by atoms with Crippen LogP contribution >= 0.6 is 12.6 Å². The Morgan fingerprint density at radius 3 is 2.50 bits per heavy atom. The maximum absolute atomic E-state index is 12.0. The lowest BCUT2D eigenvalue weighted by Crippen LogP contribution is -2.19. The van der Waals surface area contributed by atoms with E-state index in [0.717, 1.165) is 19.2 Å². The van der Waals surface area contributed by atoms with E-state index in [1.54, 1.807) is 0 Å². The van der Waals surface area contributed by atoms with Crippen molar-refractivity contribution in [3.05, 3.63) is 23.8 Å². The van der Waals surface area contributed by atoms with E-state index in [9.17, 15) is 18.0 Å². The topological polar surface area (TPSA) is 35.5 Å². The number of hydrogen-bond acceptors (Lipinski definition) is 4.